The maximum atomic E-state index is 12.2. The van der Waals surface area contributed by atoms with Crippen LogP contribution in [-0.4, -0.2) is 61.5 Å². The first-order valence-electron chi connectivity index (χ1n) is 12.8. The topological polar surface area (TPSA) is 124 Å². The van der Waals surface area contributed by atoms with E-state index in [9.17, 15) is 19.2 Å². The molecule has 0 amide bonds. The minimum atomic E-state index is -1.25. The molecule has 0 aromatic heterocycles. The summed E-state index contributed by atoms with van der Waals surface area (Å²) in [7, 11) is 0. The smallest absolute Gasteiger partial charge is 0.303 e. The van der Waals surface area contributed by atoms with Gasteiger partial charge in [-0.2, -0.15) is 0 Å². The second-order valence-corrected chi connectivity index (χ2v) is 9.63. The fraction of sp³-hybridized carbons (Fsp3) is 0.448. The lowest BCUT2D eigenvalue weighted by atomic mass is 9.89. The third-order valence-corrected chi connectivity index (χ3v) is 6.39. The van der Waals surface area contributed by atoms with Crippen LogP contribution >= 0.6 is 11.6 Å². The van der Waals surface area contributed by atoms with Crippen LogP contribution in [0.15, 0.2) is 42.5 Å². The first kappa shape index (κ1) is 30.9. The van der Waals surface area contributed by atoms with E-state index >= 15 is 0 Å². The lowest BCUT2D eigenvalue weighted by Gasteiger charge is -2.44. The summed E-state index contributed by atoms with van der Waals surface area (Å²) >= 11 is 6.54. The fourth-order valence-electron chi connectivity index (χ4n) is 4.49. The lowest BCUT2D eigenvalue weighted by molar-refractivity contribution is -0.254. The Balaban J connectivity index is 2.03. The summed E-state index contributed by atoms with van der Waals surface area (Å²) in [5, 5.41) is 0.503. The highest BCUT2D eigenvalue weighted by atomic mass is 35.5. The number of carbonyl (C=O) groups excluding carboxylic acids is 4. The van der Waals surface area contributed by atoms with Gasteiger partial charge in [0.2, 0.25) is 0 Å². The molecule has 5 atom stereocenters. The molecule has 0 aliphatic carbocycles. The first-order chi connectivity index (χ1) is 19.0. The van der Waals surface area contributed by atoms with Crippen LogP contribution in [0.1, 0.15) is 57.4 Å². The normalized spacial score (nSPS) is 22.1. The molecule has 0 spiro atoms. The second kappa shape index (κ2) is 14.1. The summed E-state index contributed by atoms with van der Waals surface area (Å²) in [6, 6.07) is 12.8. The number of hydrogen-bond acceptors (Lipinski definition) is 10. The Bertz CT molecular complexity index is 1210. The molecule has 0 bridgehead atoms. The number of carbonyl (C=O) groups is 4. The van der Waals surface area contributed by atoms with Crippen LogP contribution in [0.3, 0.4) is 0 Å². The molecule has 1 fully saturated rings. The zero-order valence-corrected chi connectivity index (χ0v) is 23.8. The van der Waals surface area contributed by atoms with Crippen molar-refractivity contribution in [2.24, 2.45) is 0 Å². The standard InChI is InChI=1S/C29H33ClO10/c1-6-35-23-10-7-20(8-11-23)13-22-14-21(9-12-24(22)30)26-28(38-18(4)33)29(39-19(5)34)27(37-17(3)32)25(40-26)15-36-16(2)31/h7-12,14,25-29H,6,13,15H2,1-5H3/t25?,26?,27-,28+,29?/m1/s1. The van der Waals surface area contributed by atoms with Gasteiger partial charge >= 0.3 is 23.9 Å². The summed E-state index contributed by atoms with van der Waals surface area (Å²) in [6.07, 6.45) is -5.23. The van der Waals surface area contributed by atoms with E-state index in [4.69, 9.17) is 40.0 Å². The molecule has 3 unspecified atom stereocenters. The molecule has 1 aliphatic rings. The van der Waals surface area contributed by atoms with Crippen molar-refractivity contribution in [1.29, 1.82) is 0 Å². The largest absolute Gasteiger partial charge is 0.494 e. The number of esters is 4. The molecule has 0 saturated carbocycles. The Hall–Kier alpha value is -3.63. The van der Waals surface area contributed by atoms with Gasteiger partial charge in [0.15, 0.2) is 18.3 Å². The Labute approximate surface area is 237 Å². The van der Waals surface area contributed by atoms with Gasteiger partial charge in [-0.05, 0) is 48.2 Å². The number of halogens is 1. The average molecular weight is 577 g/mol. The van der Waals surface area contributed by atoms with Crippen molar-refractivity contribution in [3.63, 3.8) is 0 Å². The summed E-state index contributed by atoms with van der Waals surface area (Å²) in [5.74, 6) is -1.89. The molecule has 0 N–H and O–H groups in total. The molecule has 11 heteroatoms. The van der Waals surface area contributed by atoms with E-state index in [0.29, 0.717) is 23.6 Å². The molecule has 2 aromatic rings. The van der Waals surface area contributed by atoms with E-state index in [0.717, 1.165) is 16.9 Å². The maximum Gasteiger partial charge on any atom is 0.303 e. The molecule has 1 aliphatic heterocycles. The van der Waals surface area contributed by atoms with Gasteiger partial charge < -0.3 is 28.4 Å². The molecule has 2 aromatic carbocycles. The zero-order chi connectivity index (χ0) is 29.4. The highest BCUT2D eigenvalue weighted by molar-refractivity contribution is 6.31. The summed E-state index contributed by atoms with van der Waals surface area (Å²) < 4.78 is 33.5. The zero-order valence-electron chi connectivity index (χ0n) is 23.0. The molecule has 3 rings (SSSR count). The van der Waals surface area contributed by atoms with Crippen LogP contribution in [0.5, 0.6) is 5.75 Å². The molecular weight excluding hydrogens is 544 g/mol. The molecule has 0 radical (unpaired) electrons. The monoisotopic (exact) mass is 576 g/mol. The molecule has 10 nitrogen and oxygen atoms in total. The van der Waals surface area contributed by atoms with Gasteiger partial charge in [0.05, 0.1) is 6.61 Å². The molecule has 1 saturated heterocycles. The Kier molecular flexibility index (Phi) is 10.9. The van der Waals surface area contributed by atoms with Crippen molar-refractivity contribution in [2.45, 2.75) is 71.6 Å². The lowest BCUT2D eigenvalue weighted by Crippen LogP contribution is -2.59. The first-order valence-corrected chi connectivity index (χ1v) is 13.2. The minimum absolute atomic E-state index is 0.305. The van der Waals surface area contributed by atoms with Gasteiger partial charge in [0.1, 0.15) is 24.6 Å². The number of hydrogen-bond donors (Lipinski definition) is 0. The average Bonchev–Trinajstić information content (AvgIpc) is 2.87. The van der Waals surface area contributed by atoms with Crippen LogP contribution < -0.4 is 4.74 Å². The van der Waals surface area contributed by atoms with Crippen LogP contribution in [0.2, 0.25) is 5.02 Å². The SMILES string of the molecule is CCOc1ccc(Cc2cc(C3OC(COC(C)=O)[C@@H](OC(C)=O)C(OC(C)=O)[C@H]3OC(C)=O)ccc2Cl)cc1. The summed E-state index contributed by atoms with van der Waals surface area (Å²) in [6.45, 7) is 6.94. The number of benzene rings is 2. The van der Waals surface area contributed by atoms with Gasteiger partial charge in [-0.25, -0.2) is 0 Å². The Morgan fingerprint density at radius 2 is 1.40 bits per heavy atom. The fourth-order valence-corrected chi connectivity index (χ4v) is 4.68. The number of rotatable bonds is 10. The third-order valence-electron chi connectivity index (χ3n) is 6.02. The van der Waals surface area contributed by atoms with E-state index in [1.807, 2.05) is 31.2 Å². The predicted octanol–water partition coefficient (Wildman–Crippen LogP) is 4.13. The highest BCUT2D eigenvalue weighted by Crippen LogP contribution is 2.39. The van der Waals surface area contributed by atoms with Crippen LogP contribution in [0.25, 0.3) is 0 Å². The summed E-state index contributed by atoms with van der Waals surface area (Å²) in [5.41, 5.74) is 2.29. The van der Waals surface area contributed by atoms with Gasteiger partial charge in [-0.3, -0.25) is 19.2 Å². The molecular formula is C29H33ClO10. The third kappa shape index (κ3) is 8.43. The van der Waals surface area contributed by atoms with E-state index < -0.39 is 54.4 Å². The van der Waals surface area contributed by atoms with Crippen molar-refractivity contribution in [1.82, 2.24) is 0 Å². The van der Waals surface area contributed by atoms with Crippen LogP contribution in [0.4, 0.5) is 0 Å². The van der Waals surface area contributed by atoms with Crippen molar-refractivity contribution >= 4 is 35.5 Å². The maximum absolute atomic E-state index is 12.2. The van der Waals surface area contributed by atoms with Crippen molar-refractivity contribution in [3.8, 4) is 5.75 Å². The van der Waals surface area contributed by atoms with Crippen molar-refractivity contribution in [3.05, 3.63) is 64.2 Å². The second-order valence-electron chi connectivity index (χ2n) is 9.22. The quantitative estimate of drug-likeness (QED) is 0.301. The molecule has 216 valence electrons. The van der Waals surface area contributed by atoms with Gasteiger partial charge in [-0.1, -0.05) is 35.9 Å². The van der Waals surface area contributed by atoms with Crippen molar-refractivity contribution < 1.29 is 47.6 Å². The van der Waals surface area contributed by atoms with Gasteiger partial charge in [0, 0.05) is 32.7 Å². The Morgan fingerprint density at radius 1 is 0.800 bits per heavy atom. The van der Waals surface area contributed by atoms with Crippen LogP contribution in [0, 0.1) is 0 Å². The van der Waals surface area contributed by atoms with E-state index in [2.05, 4.69) is 0 Å². The highest BCUT2D eigenvalue weighted by Gasteiger charge is 2.52. The summed E-state index contributed by atoms with van der Waals surface area (Å²) in [4.78, 5) is 47.8. The Morgan fingerprint density at radius 3 is 1.98 bits per heavy atom. The van der Waals surface area contributed by atoms with Crippen molar-refractivity contribution in [2.75, 3.05) is 13.2 Å². The van der Waals surface area contributed by atoms with Gasteiger partial charge in [-0.15, -0.1) is 0 Å². The van der Waals surface area contributed by atoms with Crippen LogP contribution in [-0.2, 0) is 49.3 Å². The molecule has 1 heterocycles. The van der Waals surface area contributed by atoms with E-state index in [1.165, 1.54) is 27.7 Å². The predicted molar refractivity (Wildman–Crippen MR) is 143 cm³/mol. The minimum Gasteiger partial charge on any atom is -0.494 e. The van der Waals surface area contributed by atoms with E-state index in [1.54, 1.807) is 18.2 Å². The molecule has 40 heavy (non-hydrogen) atoms. The van der Waals surface area contributed by atoms with E-state index in [-0.39, 0.29) is 6.61 Å². The number of ether oxygens (including phenoxy) is 6. The van der Waals surface area contributed by atoms with Gasteiger partial charge in [0.25, 0.3) is 0 Å².